The number of ether oxygens (including phenoxy) is 1. The van der Waals surface area contributed by atoms with E-state index in [-0.39, 0.29) is 47.0 Å². The zero-order valence-electron chi connectivity index (χ0n) is 12.8. The SMILES string of the molecule is COc1cc(/C=N/N2C(=O)C3C4C=CC(C4)C3C2=O)cc(Br)c1O. The fourth-order valence-corrected chi connectivity index (χ4v) is 4.41. The van der Waals surface area contributed by atoms with Crippen molar-refractivity contribution in [3.63, 3.8) is 0 Å². The number of hydrazone groups is 1. The fourth-order valence-electron chi connectivity index (χ4n) is 3.95. The Morgan fingerprint density at radius 3 is 2.46 bits per heavy atom. The Balaban J connectivity index is 1.60. The van der Waals surface area contributed by atoms with E-state index in [1.54, 1.807) is 12.1 Å². The molecule has 7 heteroatoms. The van der Waals surface area contributed by atoms with Crippen LogP contribution in [0.2, 0.25) is 0 Å². The second-order valence-corrected chi connectivity index (χ2v) is 7.14. The van der Waals surface area contributed by atoms with Gasteiger partial charge in [-0.25, -0.2) is 0 Å². The summed E-state index contributed by atoms with van der Waals surface area (Å²) in [5.74, 6) is -0.356. The lowest BCUT2D eigenvalue weighted by molar-refractivity contribution is -0.140. The summed E-state index contributed by atoms with van der Waals surface area (Å²) < 4.78 is 5.53. The summed E-state index contributed by atoms with van der Waals surface area (Å²) >= 11 is 3.23. The number of hydrogen-bond donors (Lipinski definition) is 1. The van der Waals surface area contributed by atoms with Gasteiger partial charge in [0.05, 0.1) is 29.6 Å². The number of phenolic OH excluding ortho intramolecular Hbond substituents is 1. The number of fused-ring (bicyclic) bond motifs is 5. The number of methoxy groups -OCH3 is 1. The molecule has 124 valence electrons. The number of halogens is 1. The lowest BCUT2D eigenvalue weighted by Gasteiger charge is -2.13. The average molecular weight is 391 g/mol. The highest BCUT2D eigenvalue weighted by atomic mass is 79.9. The molecule has 1 N–H and O–H groups in total. The molecule has 2 fully saturated rings. The van der Waals surface area contributed by atoms with E-state index in [0.717, 1.165) is 11.4 Å². The van der Waals surface area contributed by atoms with E-state index in [0.29, 0.717) is 10.0 Å². The van der Waals surface area contributed by atoms with E-state index in [1.807, 2.05) is 12.2 Å². The quantitative estimate of drug-likeness (QED) is 0.487. The van der Waals surface area contributed by atoms with E-state index in [4.69, 9.17) is 4.74 Å². The van der Waals surface area contributed by atoms with Gasteiger partial charge >= 0.3 is 0 Å². The van der Waals surface area contributed by atoms with Gasteiger partial charge in [-0.05, 0) is 51.9 Å². The molecule has 0 radical (unpaired) electrons. The first-order valence-electron chi connectivity index (χ1n) is 7.68. The second kappa shape index (κ2) is 5.44. The molecule has 4 rings (SSSR count). The van der Waals surface area contributed by atoms with Gasteiger partial charge < -0.3 is 9.84 Å². The first-order valence-corrected chi connectivity index (χ1v) is 8.47. The summed E-state index contributed by atoms with van der Waals surface area (Å²) in [6.07, 6.45) is 6.42. The Kier molecular flexibility index (Phi) is 3.49. The molecule has 1 heterocycles. The monoisotopic (exact) mass is 390 g/mol. The van der Waals surface area contributed by atoms with Gasteiger partial charge in [0.25, 0.3) is 11.8 Å². The molecule has 4 unspecified atom stereocenters. The van der Waals surface area contributed by atoms with Crippen LogP contribution in [0.5, 0.6) is 11.5 Å². The minimum absolute atomic E-state index is 0.0137. The highest BCUT2D eigenvalue weighted by molar-refractivity contribution is 9.10. The minimum Gasteiger partial charge on any atom is -0.503 e. The molecule has 1 aromatic carbocycles. The van der Waals surface area contributed by atoms with Gasteiger partial charge in [0.2, 0.25) is 0 Å². The summed E-state index contributed by atoms with van der Waals surface area (Å²) in [4.78, 5) is 25.1. The maximum atomic E-state index is 12.5. The fraction of sp³-hybridized carbons (Fsp3) is 0.353. The van der Waals surface area contributed by atoms with Crippen molar-refractivity contribution in [2.75, 3.05) is 7.11 Å². The van der Waals surface area contributed by atoms with Crippen molar-refractivity contribution in [2.24, 2.45) is 28.8 Å². The van der Waals surface area contributed by atoms with Crippen LogP contribution in [0.3, 0.4) is 0 Å². The van der Waals surface area contributed by atoms with Gasteiger partial charge in [-0.15, -0.1) is 0 Å². The normalized spacial score (nSPS) is 30.7. The first-order chi connectivity index (χ1) is 11.5. The number of aromatic hydroxyl groups is 1. The lowest BCUT2D eigenvalue weighted by Crippen LogP contribution is -2.28. The Labute approximate surface area is 146 Å². The molecule has 3 aliphatic rings. The molecule has 2 bridgehead atoms. The number of carbonyl (C=O) groups excluding carboxylic acids is 2. The Bertz CT molecular complexity index is 774. The third kappa shape index (κ3) is 2.11. The molecule has 6 nitrogen and oxygen atoms in total. The van der Waals surface area contributed by atoms with Crippen LogP contribution >= 0.6 is 15.9 Å². The van der Waals surface area contributed by atoms with Gasteiger partial charge in [0.15, 0.2) is 11.5 Å². The smallest absolute Gasteiger partial charge is 0.254 e. The van der Waals surface area contributed by atoms with Crippen molar-refractivity contribution in [2.45, 2.75) is 6.42 Å². The van der Waals surface area contributed by atoms with Crippen molar-refractivity contribution in [1.82, 2.24) is 5.01 Å². The number of carbonyl (C=O) groups is 2. The predicted octanol–water partition coefficient (Wildman–Crippen LogP) is 2.30. The van der Waals surface area contributed by atoms with Gasteiger partial charge in [-0.2, -0.15) is 10.1 Å². The van der Waals surface area contributed by atoms with Crippen LogP contribution in [0.1, 0.15) is 12.0 Å². The highest BCUT2D eigenvalue weighted by Crippen LogP contribution is 2.52. The summed E-state index contributed by atoms with van der Waals surface area (Å²) in [5, 5.41) is 14.9. The Morgan fingerprint density at radius 2 is 1.88 bits per heavy atom. The number of benzene rings is 1. The van der Waals surface area contributed by atoms with Gasteiger partial charge in [-0.3, -0.25) is 9.59 Å². The number of allylic oxidation sites excluding steroid dienone is 2. The van der Waals surface area contributed by atoms with Crippen LogP contribution in [0, 0.1) is 23.7 Å². The number of amides is 2. The van der Waals surface area contributed by atoms with Crippen molar-refractivity contribution in [3.8, 4) is 11.5 Å². The van der Waals surface area contributed by atoms with Crippen LogP contribution in [0.25, 0.3) is 0 Å². The van der Waals surface area contributed by atoms with Gasteiger partial charge in [0.1, 0.15) is 0 Å². The topological polar surface area (TPSA) is 79.2 Å². The van der Waals surface area contributed by atoms with Crippen molar-refractivity contribution < 1.29 is 19.4 Å². The molecular weight excluding hydrogens is 376 g/mol. The average Bonchev–Trinajstić information content (AvgIpc) is 3.23. The van der Waals surface area contributed by atoms with E-state index < -0.39 is 0 Å². The molecule has 2 aliphatic carbocycles. The molecule has 4 atom stereocenters. The molecule has 0 aromatic heterocycles. The Hall–Kier alpha value is -2.15. The van der Waals surface area contributed by atoms with Crippen LogP contribution in [0.15, 0.2) is 33.9 Å². The summed E-state index contributed by atoms with van der Waals surface area (Å²) in [5.41, 5.74) is 0.607. The summed E-state index contributed by atoms with van der Waals surface area (Å²) in [6.45, 7) is 0. The third-order valence-corrected chi connectivity index (χ3v) is 5.64. The lowest BCUT2D eigenvalue weighted by atomic mass is 9.85. The summed E-state index contributed by atoms with van der Waals surface area (Å²) in [6, 6.07) is 3.22. The molecule has 1 saturated heterocycles. The summed E-state index contributed by atoms with van der Waals surface area (Å²) in [7, 11) is 1.44. The number of nitrogens with zero attached hydrogens (tertiary/aromatic N) is 2. The molecular formula is C17H15BrN2O4. The van der Waals surface area contributed by atoms with E-state index in [9.17, 15) is 14.7 Å². The van der Waals surface area contributed by atoms with Gasteiger partial charge in [-0.1, -0.05) is 12.2 Å². The first kappa shape index (κ1) is 15.4. The second-order valence-electron chi connectivity index (χ2n) is 6.29. The number of phenols is 1. The van der Waals surface area contributed by atoms with Crippen LogP contribution < -0.4 is 4.74 Å². The van der Waals surface area contributed by atoms with E-state index in [1.165, 1.54) is 13.3 Å². The molecule has 24 heavy (non-hydrogen) atoms. The zero-order chi connectivity index (χ0) is 17.0. The van der Waals surface area contributed by atoms with Gasteiger partial charge in [0, 0.05) is 0 Å². The van der Waals surface area contributed by atoms with Crippen LogP contribution in [-0.4, -0.2) is 35.3 Å². The maximum absolute atomic E-state index is 12.5. The van der Waals surface area contributed by atoms with Crippen molar-refractivity contribution in [1.29, 1.82) is 0 Å². The van der Waals surface area contributed by atoms with E-state index >= 15 is 0 Å². The standard InChI is InChI=1S/C17H15BrN2O4/c1-24-12-5-8(4-11(18)15(12)21)7-19-20-16(22)13-9-2-3-10(6-9)14(13)17(20)23/h2-5,7,9-10,13-14,21H,6H2,1H3/b19-7+. The Morgan fingerprint density at radius 1 is 1.25 bits per heavy atom. The number of hydrogen-bond acceptors (Lipinski definition) is 5. The van der Waals surface area contributed by atoms with E-state index in [2.05, 4.69) is 21.0 Å². The zero-order valence-corrected chi connectivity index (χ0v) is 14.4. The van der Waals surface area contributed by atoms with Crippen LogP contribution in [0.4, 0.5) is 0 Å². The molecule has 1 aromatic rings. The van der Waals surface area contributed by atoms with Crippen LogP contribution in [-0.2, 0) is 9.59 Å². The third-order valence-electron chi connectivity index (χ3n) is 5.04. The molecule has 2 amide bonds. The predicted molar refractivity (Wildman–Crippen MR) is 89.5 cm³/mol. The number of rotatable bonds is 3. The maximum Gasteiger partial charge on any atom is 0.254 e. The highest BCUT2D eigenvalue weighted by Gasteiger charge is 2.59. The van der Waals surface area contributed by atoms with Crippen molar-refractivity contribution in [3.05, 3.63) is 34.3 Å². The minimum atomic E-state index is -0.259. The molecule has 1 aliphatic heterocycles. The molecule has 0 spiro atoms. The number of imide groups is 1. The largest absolute Gasteiger partial charge is 0.503 e. The van der Waals surface area contributed by atoms with Crippen molar-refractivity contribution >= 4 is 34.0 Å². The molecule has 1 saturated carbocycles.